The maximum atomic E-state index is 12.7. The number of anilines is 2. The lowest BCUT2D eigenvalue weighted by atomic mass is 10.3. The lowest BCUT2D eigenvalue weighted by molar-refractivity contribution is -0.121. The fraction of sp³-hybridized carbons (Fsp3) is 0.211. The maximum Gasteiger partial charge on any atom is 0.247 e. The zero-order valence-electron chi connectivity index (χ0n) is 14.8. The van der Waals surface area contributed by atoms with Crippen molar-refractivity contribution in [1.82, 2.24) is 0 Å². The van der Waals surface area contributed by atoms with Crippen LogP contribution in [0.3, 0.4) is 0 Å². The van der Waals surface area contributed by atoms with Gasteiger partial charge in [-0.15, -0.1) is 0 Å². The average Bonchev–Trinajstić information content (AvgIpc) is 2.96. The Morgan fingerprint density at radius 1 is 1.19 bits per heavy atom. The van der Waals surface area contributed by atoms with Crippen LogP contribution in [0.1, 0.15) is 6.42 Å². The van der Waals surface area contributed by atoms with Gasteiger partial charge in [0.25, 0.3) is 0 Å². The van der Waals surface area contributed by atoms with E-state index in [9.17, 15) is 9.59 Å². The molecule has 27 heavy (non-hydrogen) atoms. The monoisotopic (exact) mass is 403 g/mol. The molecule has 0 bridgehead atoms. The van der Waals surface area contributed by atoms with E-state index in [0.29, 0.717) is 15.9 Å². The number of nitrogens with zero attached hydrogens (tertiary/aromatic N) is 2. The average molecular weight is 404 g/mol. The summed E-state index contributed by atoms with van der Waals surface area (Å²) in [5.41, 5.74) is 1.34. The van der Waals surface area contributed by atoms with Crippen LogP contribution in [-0.4, -0.2) is 36.4 Å². The van der Waals surface area contributed by atoms with Gasteiger partial charge < -0.3 is 10.1 Å². The van der Waals surface area contributed by atoms with Gasteiger partial charge in [-0.1, -0.05) is 23.4 Å². The SMILES string of the molecule is CN=C(Nc1ccc(OC)cc1)S[C@H]1CC(=O)N(c2ccc(Cl)cc2)C1=O. The Labute approximate surface area is 166 Å². The molecule has 1 fully saturated rings. The Morgan fingerprint density at radius 3 is 2.44 bits per heavy atom. The van der Waals surface area contributed by atoms with E-state index in [1.54, 1.807) is 38.4 Å². The number of thioether (sulfide) groups is 1. The molecule has 1 aliphatic rings. The van der Waals surface area contributed by atoms with Crippen LogP contribution in [0.4, 0.5) is 11.4 Å². The van der Waals surface area contributed by atoms with Crippen LogP contribution in [0.2, 0.25) is 5.02 Å². The molecule has 0 unspecified atom stereocenters. The van der Waals surface area contributed by atoms with Crippen molar-refractivity contribution in [3.63, 3.8) is 0 Å². The van der Waals surface area contributed by atoms with Crippen molar-refractivity contribution in [3.05, 3.63) is 53.6 Å². The van der Waals surface area contributed by atoms with Crippen LogP contribution in [0.25, 0.3) is 0 Å². The Kier molecular flexibility index (Phi) is 6.03. The van der Waals surface area contributed by atoms with Crippen LogP contribution in [0.5, 0.6) is 5.75 Å². The molecule has 0 aliphatic carbocycles. The number of ether oxygens (including phenoxy) is 1. The molecule has 6 nitrogen and oxygen atoms in total. The van der Waals surface area contributed by atoms with Gasteiger partial charge in [0.15, 0.2) is 5.17 Å². The van der Waals surface area contributed by atoms with Gasteiger partial charge in [-0.05, 0) is 48.5 Å². The fourth-order valence-electron chi connectivity index (χ4n) is 2.63. The molecule has 8 heteroatoms. The summed E-state index contributed by atoms with van der Waals surface area (Å²) in [5, 5.41) is 3.74. The number of hydrogen-bond donors (Lipinski definition) is 1. The quantitative estimate of drug-likeness (QED) is 0.477. The van der Waals surface area contributed by atoms with Crippen molar-refractivity contribution in [3.8, 4) is 5.75 Å². The zero-order chi connectivity index (χ0) is 19.4. The van der Waals surface area contributed by atoms with Gasteiger partial charge in [-0.25, -0.2) is 4.90 Å². The molecular formula is C19H18ClN3O3S. The van der Waals surface area contributed by atoms with Crippen molar-refractivity contribution in [1.29, 1.82) is 0 Å². The minimum atomic E-state index is -0.530. The topological polar surface area (TPSA) is 71.0 Å². The first-order valence-electron chi connectivity index (χ1n) is 8.18. The number of imide groups is 1. The van der Waals surface area contributed by atoms with E-state index in [-0.39, 0.29) is 18.2 Å². The lowest BCUT2D eigenvalue weighted by Crippen LogP contribution is -2.31. The van der Waals surface area contributed by atoms with Crippen LogP contribution in [-0.2, 0) is 9.59 Å². The normalized spacial score (nSPS) is 17.4. The molecule has 2 aromatic rings. The van der Waals surface area contributed by atoms with E-state index in [1.165, 1.54) is 16.7 Å². The van der Waals surface area contributed by atoms with E-state index < -0.39 is 5.25 Å². The number of carbonyl (C=O) groups is 2. The van der Waals surface area contributed by atoms with Crippen molar-refractivity contribution in [2.45, 2.75) is 11.7 Å². The number of benzene rings is 2. The molecule has 1 saturated heterocycles. The van der Waals surface area contributed by atoms with Gasteiger partial charge in [0.2, 0.25) is 11.8 Å². The molecule has 0 spiro atoms. The summed E-state index contributed by atoms with van der Waals surface area (Å²) in [7, 11) is 3.24. The van der Waals surface area contributed by atoms with Crippen molar-refractivity contribution >= 4 is 51.7 Å². The number of amidine groups is 1. The predicted molar refractivity (Wildman–Crippen MR) is 110 cm³/mol. The summed E-state index contributed by atoms with van der Waals surface area (Å²) in [4.78, 5) is 30.5. The first-order chi connectivity index (χ1) is 13.0. The Hall–Kier alpha value is -2.51. The highest BCUT2D eigenvalue weighted by Crippen LogP contribution is 2.31. The number of rotatable bonds is 4. The second-order valence-corrected chi connectivity index (χ2v) is 7.36. The minimum absolute atomic E-state index is 0.120. The number of methoxy groups -OCH3 is 1. The molecule has 1 N–H and O–H groups in total. The highest BCUT2D eigenvalue weighted by molar-refractivity contribution is 8.15. The van der Waals surface area contributed by atoms with E-state index in [0.717, 1.165) is 11.4 Å². The number of hydrogen-bond acceptors (Lipinski definition) is 5. The molecule has 3 rings (SSSR count). The summed E-state index contributed by atoms with van der Waals surface area (Å²) >= 11 is 7.12. The van der Waals surface area contributed by atoms with Crippen LogP contribution in [0.15, 0.2) is 53.5 Å². The highest BCUT2D eigenvalue weighted by atomic mass is 35.5. The van der Waals surface area contributed by atoms with Gasteiger partial charge in [0, 0.05) is 24.2 Å². The third kappa shape index (κ3) is 4.43. The highest BCUT2D eigenvalue weighted by Gasteiger charge is 2.40. The number of amides is 2. The fourth-order valence-corrected chi connectivity index (χ4v) is 3.74. The minimum Gasteiger partial charge on any atom is -0.497 e. The molecule has 140 valence electrons. The molecule has 1 aliphatic heterocycles. The predicted octanol–water partition coefficient (Wildman–Crippen LogP) is 3.81. The van der Waals surface area contributed by atoms with E-state index in [4.69, 9.17) is 16.3 Å². The lowest BCUT2D eigenvalue weighted by Gasteiger charge is -2.16. The van der Waals surface area contributed by atoms with Crippen molar-refractivity contribution in [2.24, 2.45) is 4.99 Å². The van der Waals surface area contributed by atoms with Crippen LogP contribution < -0.4 is 15.0 Å². The molecule has 1 heterocycles. The molecule has 0 radical (unpaired) electrons. The van der Waals surface area contributed by atoms with E-state index >= 15 is 0 Å². The van der Waals surface area contributed by atoms with E-state index in [2.05, 4.69) is 10.3 Å². The van der Waals surface area contributed by atoms with Crippen LogP contribution in [0, 0.1) is 0 Å². The van der Waals surface area contributed by atoms with Gasteiger partial charge in [-0.2, -0.15) is 0 Å². The smallest absolute Gasteiger partial charge is 0.247 e. The van der Waals surface area contributed by atoms with Gasteiger partial charge in [0.1, 0.15) is 11.0 Å². The number of aliphatic imine (C=N–C) groups is 1. The second-order valence-electron chi connectivity index (χ2n) is 5.74. The summed E-state index contributed by atoms with van der Waals surface area (Å²) in [6.45, 7) is 0. The molecule has 1 atom stereocenters. The molecule has 2 aromatic carbocycles. The molecule has 0 aromatic heterocycles. The summed E-state index contributed by atoms with van der Waals surface area (Å²) in [6.07, 6.45) is 0.120. The largest absolute Gasteiger partial charge is 0.497 e. The van der Waals surface area contributed by atoms with Crippen LogP contribution >= 0.6 is 23.4 Å². The van der Waals surface area contributed by atoms with Gasteiger partial charge >= 0.3 is 0 Å². The first kappa shape index (κ1) is 19.3. The second kappa shape index (κ2) is 8.45. The standard InChI is InChI=1S/C19H18ClN3O3S/c1-21-19(22-13-5-9-15(26-2)10-6-13)27-16-11-17(24)23(18(16)25)14-7-3-12(20)4-8-14/h3-10,16H,11H2,1-2H3,(H,21,22)/t16-/m0/s1. The zero-order valence-corrected chi connectivity index (χ0v) is 16.4. The third-order valence-electron chi connectivity index (χ3n) is 3.99. The number of halogens is 1. The van der Waals surface area contributed by atoms with Gasteiger partial charge in [-0.3, -0.25) is 14.6 Å². The Balaban J connectivity index is 1.69. The summed E-state index contributed by atoms with van der Waals surface area (Å²) < 4.78 is 5.14. The molecule has 2 amide bonds. The summed E-state index contributed by atoms with van der Waals surface area (Å²) in [6, 6.07) is 14.0. The number of carbonyl (C=O) groups excluding carboxylic acids is 2. The molecular weight excluding hydrogens is 386 g/mol. The third-order valence-corrected chi connectivity index (χ3v) is 5.40. The van der Waals surface area contributed by atoms with E-state index in [1.807, 2.05) is 24.3 Å². The maximum absolute atomic E-state index is 12.7. The Morgan fingerprint density at radius 2 is 1.85 bits per heavy atom. The van der Waals surface area contributed by atoms with Crippen molar-refractivity contribution < 1.29 is 14.3 Å². The van der Waals surface area contributed by atoms with Gasteiger partial charge in [0.05, 0.1) is 12.8 Å². The number of nitrogens with one attached hydrogen (secondary N) is 1. The Bertz CT molecular complexity index is 869. The first-order valence-corrected chi connectivity index (χ1v) is 9.44. The summed E-state index contributed by atoms with van der Waals surface area (Å²) in [5.74, 6) is 0.253. The van der Waals surface area contributed by atoms with Crippen molar-refractivity contribution in [2.75, 3.05) is 24.4 Å². The molecule has 0 saturated carbocycles.